The molecule has 0 bridgehead atoms. The minimum atomic E-state index is -4.34. The van der Waals surface area contributed by atoms with Crippen molar-refractivity contribution in [2.24, 2.45) is 4.36 Å². The van der Waals surface area contributed by atoms with Gasteiger partial charge in [-0.1, -0.05) is 0 Å². The van der Waals surface area contributed by atoms with E-state index in [1.165, 1.54) is 12.1 Å². The van der Waals surface area contributed by atoms with Crippen LogP contribution in [-0.4, -0.2) is 15.7 Å². The van der Waals surface area contributed by atoms with Gasteiger partial charge >= 0.3 is 6.18 Å². The highest BCUT2D eigenvalue weighted by Gasteiger charge is 2.30. The molecule has 0 radical (unpaired) electrons. The number of nitrogens with zero attached hydrogens (tertiary/aromatic N) is 1. The van der Waals surface area contributed by atoms with Gasteiger partial charge in [-0.05, 0) is 30.7 Å². The molecule has 1 saturated heterocycles. The molecule has 0 unspecified atom stereocenters. The normalized spacial score (nSPS) is 18.9. The lowest BCUT2D eigenvalue weighted by Gasteiger charge is -2.17. The molecule has 1 aliphatic heterocycles. The average Bonchev–Trinajstić information content (AvgIpc) is 2.15. The number of alkyl halides is 3. The lowest BCUT2D eigenvalue weighted by molar-refractivity contribution is -0.137. The maximum absolute atomic E-state index is 12.2. The molecular formula is C10H10F3NOS. The number of halogens is 3. The molecule has 16 heavy (non-hydrogen) atoms. The Labute approximate surface area is 91.7 Å². The van der Waals surface area contributed by atoms with Gasteiger partial charge in [0.2, 0.25) is 0 Å². The smallest absolute Gasteiger partial charge is 0.249 e. The fraction of sp³-hybridized carbons (Fsp3) is 0.400. The number of benzene rings is 1. The second-order valence-corrected chi connectivity index (χ2v) is 6.21. The summed E-state index contributed by atoms with van der Waals surface area (Å²) in [6, 6.07) is 4.43. The molecule has 0 atom stereocenters. The summed E-state index contributed by atoms with van der Waals surface area (Å²) >= 11 is 0. The van der Waals surface area contributed by atoms with Crippen molar-refractivity contribution < 1.29 is 17.4 Å². The maximum atomic E-state index is 12.2. The fourth-order valence-corrected chi connectivity index (χ4v) is 2.86. The molecule has 0 aromatic heterocycles. The van der Waals surface area contributed by atoms with Crippen LogP contribution in [0.2, 0.25) is 0 Å². The van der Waals surface area contributed by atoms with Gasteiger partial charge in [-0.15, -0.1) is 0 Å². The van der Waals surface area contributed by atoms with Gasteiger partial charge in [0, 0.05) is 11.5 Å². The van der Waals surface area contributed by atoms with Crippen LogP contribution in [0, 0.1) is 0 Å². The van der Waals surface area contributed by atoms with Crippen molar-refractivity contribution >= 4 is 15.4 Å². The second kappa shape index (κ2) is 3.76. The molecule has 0 amide bonds. The molecular weight excluding hydrogens is 239 g/mol. The summed E-state index contributed by atoms with van der Waals surface area (Å²) in [5, 5.41) is 0. The van der Waals surface area contributed by atoms with Gasteiger partial charge < -0.3 is 0 Å². The van der Waals surface area contributed by atoms with Crippen LogP contribution in [0.5, 0.6) is 0 Å². The van der Waals surface area contributed by atoms with E-state index < -0.39 is 21.5 Å². The van der Waals surface area contributed by atoms with Gasteiger partial charge in [0.05, 0.1) is 21.0 Å². The number of hydrogen-bond donors (Lipinski definition) is 0. The second-order valence-electron chi connectivity index (χ2n) is 3.67. The summed E-state index contributed by atoms with van der Waals surface area (Å²) in [5.74, 6) is 1.10. The Bertz CT molecular complexity index is 488. The van der Waals surface area contributed by atoms with Gasteiger partial charge in [-0.25, -0.2) is 4.21 Å². The van der Waals surface area contributed by atoms with Crippen molar-refractivity contribution in [3.8, 4) is 0 Å². The Morgan fingerprint density at radius 1 is 1.12 bits per heavy atom. The van der Waals surface area contributed by atoms with Crippen molar-refractivity contribution in [2.75, 3.05) is 11.5 Å². The zero-order valence-corrected chi connectivity index (χ0v) is 9.14. The number of hydrogen-bond acceptors (Lipinski definition) is 2. The summed E-state index contributed by atoms with van der Waals surface area (Å²) < 4.78 is 52.4. The number of rotatable bonds is 1. The largest absolute Gasteiger partial charge is 0.416 e. The molecule has 1 heterocycles. The Kier molecular flexibility index (Phi) is 2.69. The van der Waals surface area contributed by atoms with Crippen LogP contribution < -0.4 is 0 Å². The third-order valence-corrected chi connectivity index (χ3v) is 4.79. The predicted octanol–water partition coefficient (Wildman–Crippen LogP) is 3.21. The minimum absolute atomic E-state index is 0.359. The first-order valence-electron chi connectivity index (χ1n) is 4.79. The van der Waals surface area contributed by atoms with E-state index in [0.717, 1.165) is 18.6 Å². The van der Waals surface area contributed by atoms with Crippen molar-refractivity contribution in [2.45, 2.75) is 12.6 Å². The van der Waals surface area contributed by atoms with Crippen LogP contribution in [-0.2, 0) is 15.9 Å². The summed E-state index contributed by atoms with van der Waals surface area (Å²) in [5.41, 5.74) is -0.354. The Morgan fingerprint density at radius 2 is 1.69 bits per heavy atom. The molecule has 0 saturated carbocycles. The van der Waals surface area contributed by atoms with Gasteiger partial charge in [-0.3, -0.25) is 0 Å². The third-order valence-electron chi connectivity index (χ3n) is 2.39. The summed E-state index contributed by atoms with van der Waals surface area (Å²) in [4.78, 5) is 0. The summed E-state index contributed by atoms with van der Waals surface area (Å²) in [6.45, 7) is 0. The van der Waals surface area contributed by atoms with E-state index in [0.29, 0.717) is 17.2 Å². The average molecular weight is 249 g/mol. The summed E-state index contributed by atoms with van der Waals surface area (Å²) in [7, 11) is -2.15. The molecule has 1 aromatic rings. The molecule has 1 aromatic carbocycles. The highest BCUT2D eigenvalue weighted by atomic mass is 32.2. The van der Waals surface area contributed by atoms with Gasteiger partial charge in [0.15, 0.2) is 0 Å². The quantitative estimate of drug-likeness (QED) is 0.751. The topological polar surface area (TPSA) is 29.4 Å². The molecule has 0 aliphatic carbocycles. The molecule has 2 nitrogen and oxygen atoms in total. The minimum Gasteiger partial charge on any atom is -0.249 e. The lowest BCUT2D eigenvalue weighted by Crippen LogP contribution is -2.22. The van der Waals surface area contributed by atoms with Crippen molar-refractivity contribution in [1.29, 1.82) is 0 Å². The van der Waals surface area contributed by atoms with Crippen molar-refractivity contribution in [3.63, 3.8) is 0 Å². The van der Waals surface area contributed by atoms with E-state index in [-0.39, 0.29) is 0 Å². The van der Waals surface area contributed by atoms with Crippen LogP contribution in [0.25, 0.3) is 0 Å². The van der Waals surface area contributed by atoms with E-state index >= 15 is 0 Å². The first kappa shape index (κ1) is 11.4. The SMILES string of the molecule is O=S1(=Nc2ccc(C(F)(F)F)cc2)CCC1. The van der Waals surface area contributed by atoms with Crippen molar-refractivity contribution in [3.05, 3.63) is 29.8 Å². The van der Waals surface area contributed by atoms with Gasteiger partial charge in [0.25, 0.3) is 0 Å². The molecule has 6 heteroatoms. The Hall–Kier alpha value is -1.04. The van der Waals surface area contributed by atoms with E-state index in [9.17, 15) is 17.4 Å². The van der Waals surface area contributed by atoms with Crippen LogP contribution in [0.1, 0.15) is 12.0 Å². The Morgan fingerprint density at radius 3 is 2.06 bits per heavy atom. The van der Waals surface area contributed by atoms with Crippen molar-refractivity contribution in [1.82, 2.24) is 0 Å². The zero-order valence-electron chi connectivity index (χ0n) is 8.33. The van der Waals surface area contributed by atoms with Gasteiger partial charge in [0.1, 0.15) is 0 Å². The molecule has 0 spiro atoms. The molecule has 1 aliphatic rings. The highest BCUT2D eigenvalue weighted by Crippen LogP contribution is 2.31. The van der Waals surface area contributed by atoms with E-state index in [4.69, 9.17) is 0 Å². The first-order valence-corrected chi connectivity index (χ1v) is 6.64. The third kappa shape index (κ3) is 2.37. The summed E-state index contributed by atoms with van der Waals surface area (Å²) in [6.07, 6.45) is -3.46. The molecule has 2 rings (SSSR count). The highest BCUT2D eigenvalue weighted by molar-refractivity contribution is 7.95. The van der Waals surface area contributed by atoms with Crippen LogP contribution >= 0.6 is 0 Å². The van der Waals surface area contributed by atoms with E-state index in [1.54, 1.807) is 0 Å². The van der Waals surface area contributed by atoms with Crippen LogP contribution in [0.3, 0.4) is 0 Å². The van der Waals surface area contributed by atoms with Crippen LogP contribution in [0.4, 0.5) is 18.9 Å². The van der Waals surface area contributed by atoms with E-state index in [2.05, 4.69) is 4.36 Å². The lowest BCUT2D eigenvalue weighted by atomic mass is 10.2. The molecule has 0 N–H and O–H groups in total. The monoisotopic (exact) mass is 249 g/mol. The molecule has 1 fully saturated rings. The predicted molar refractivity (Wildman–Crippen MR) is 56.0 cm³/mol. The standard InChI is InChI=1S/C10H10F3NOS/c11-10(12,13)8-2-4-9(5-3-8)14-16(15)6-1-7-16/h2-5H,1,6-7H2. The fourth-order valence-electron chi connectivity index (χ4n) is 1.39. The molecule has 88 valence electrons. The first-order chi connectivity index (χ1) is 7.39. The van der Waals surface area contributed by atoms with Crippen LogP contribution in [0.15, 0.2) is 28.6 Å². The zero-order chi connectivity index (χ0) is 11.8. The van der Waals surface area contributed by atoms with E-state index in [1.807, 2.05) is 0 Å². The van der Waals surface area contributed by atoms with Gasteiger partial charge in [-0.2, -0.15) is 17.5 Å². The maximum Gasteiger partial charge on any atom is 0.416 e. The Balaban J connectivity index is 2.27.